The number of fused-ring (bicyclic) bond motifs is 1. The molecule has 6 rings (SSSR count). The maximum atomic E-state index is 14.1. The lowest BCUT2D eigenvalue weighted by Crippen LogP contribution is -2.11. The minimum absolute atomic E-state index is 0.0388. The Morgan fingerprint density at radius 2 is 1.18 bits per heavy atom. The van der Waals surface area contributed by atoms with Crippen LogP contribution in [0.15, 0.2) is 121 Å². The van der Waals surface area contributed by atoms with Gasteiger partial charge in [0.05, 0.1) is 22.2 Å². The predicted molar refractivity (Wildman–Crippen MR) is 197 cm³/mol. The summed E-state index contributed by atoms with van der Waals surface area (Å²) in [5.41, 5.74) is 1.05. The number of unbranched alkanes of at least 4 members (excludes halogenated alkanes) is 3. The number of rotatable bonds is 14. The van der Waals surface area contributed by atoms with E-state index in [-0.39, 0.29) is 28.8 Å². The topological polar surface area (TPSA) is 54.0 Å². The molecular formula is C41H32Cl3FO5. The minimum atomic E-state index is -0.622. The molecule has 0 radical (unpaired) electrons. The Morgan fingerprint density at radius 1 is 0.580 bits per heavy atom. The highest BCUT2D eigenvalue weighted by atomic mass is 35.5. The molecule has 0 N–H and O–H groups in total. The predicted octanol–water partition coefficient (Wildman–Crippen LogP) is 12.9. The van der Waals surface area contributed by atoms with Crippen molar-refractivity contribution in [3.05, 3.63) is 153 Å². The van der Waals surface area contributed by atoms with Gasteiger partial charge in [-0.15, -0.1) is 0 Å². The summed E-state index contributed by atoms with van der Waals surface area (Å²) in [6.07, 6.45) is 3.98. The van der Waals surface area contributed by atoms with Gasteiger partial charge in [0.25, 0.3) is 0 Å². The van der Waals surface area contributed by atoms with Crippen molar-refractivity contribution in [2.45, 2.75) is 32.1 Å². The van der Waals surface area contributed by atoms with Gasteiger partial charge >= 0.3 is 5.97 Å². The quantitative estimate of drug-likeness (QED) is 0.0635. The van der Waals surface area contributed by atoms with Crippen LogP contribution >= 0.6 is 34.8 Å². The Kier molecular flexibility index (Phi) is 11.8. The first-order chi connectivity index (χ1) is 24.4. The Labute approximate surface area is 305 Å². The Bertz CT molecular complexity index is 2100. The van der Waals surface area contributed by atoms with Gasteiger partial charge in [-0.1, -0.05) is 108 Å². The van der Waals surface area contributed by atoms with Gasteiger partial charge in [-0.25, -0.2) is 9.18 Å². The molecule has 0 amide bonds. The highest BCUT2D eigenvalue weighted by Crippen LogP contribution is 2.55. The first-order valence-electron chi connectivity index (χ1n) is 16.2. The molecule has 254 valence electrons. The fourth-order valence-electron chi connectivity index (χ4n) is 5.43. The molecular weight excluding hydrogens is 698 g/mol. The van der Waals surface area contributed by atoms with Gasteiger partial charge in [-0.3, -0.25) is 0 Å². The van der Waals surface area contributed by atoms with Crippen molar-refractivity contribution in [1.29, 1.82) is 0 Å². The van der Waals surface area contributed by atoms with Crippen molar-refractivity contribution in [1.82, 2.24) is 0 Å². The number of esters is 1. The van der Waals surface area contributed by atoms with E-state index in [1.807, 2.05) is 18.2 Å². The van der Waals surface area contributed by atoms with Crippen LogP contribution in [-0.4, -0.2) is 12.6 Å². The summed E-state index contributed by atoms with van der Waals surface area (Å²) in [5.74, 6) is 0.371. The van der Waals surface area contributed by atoms with E-state index in [1.165, 1.54) is 6.07 Å². The first kappa shape index (κ1) is 35.1. The number of ether oxygens (including phenoxy) is 4. The van der Waals surface area contributed by atoms with Gasteiger partial charge in [0.1, 0.15) is 17.3 Å². The second kappa shape index (κ2) is 16.8. The molecule has 6 aromatic rings. The zero-order valence-electron chi connectivity index (χ0n) is 26.8. The first-order valence-corrected chi connectivity index (χ1v) is 17.3. The van der Waals surface area contributed by atoms with E-state index in [2.05, 4.69) is 0 Å². The molecule has 0 bridgehead atoms. The number of hydrogen-bond acceptors (Lipinski definition) is 5. The average Bonchev–Trinajstić information content (AvgIpc) is 3.13. The van der Waals surface area contributed by atoms with Gasteiger partial charge in [0, 0.05) is 15.8 Å². The van der Waals surface area contributed by atoms with Crippen molar-refractivity contribution in [3.63, 3.8) is 0 Å². The molecule has 0 spiro atoms. The molecule has 0 fully saturated rings. The molecule has 0 atom stereocenters. The number of benzene rings is 6. The molecule has 6 aromatic carbocycles. The number of para-hydroxylation sites is 2. The van der Waals surface area contributed by atoms with Gasteiger partial charge in [0.2, 0.25) is 11.5 Å². The number of aryl methyl sites for hydroxylation is 1. The third kappa shape index (κ3) is 8.51. The summed E-state index contributed by atoms with van der Waals surface area (Å²) >= 11 is 19.7. The fraction of sp³-hybridized carbons (Fsp3) is 0.146. The Balaban J connectivity index is 1.40. The van der Waals surface area contributed by atoms with Crippen LogP contribution < -0.4 is 18.9 Å². The average molecular weight is 730 g/mol. The molecule has 0 saturated heterocycles. The lowest BCUT2D eigenvalue weighted by Gasteiger charge is -2.23. The van der Waals surface area contributed by atoms with Crippen LogP contribution in [0.5, 0.6) is 34.5 Å². The molecule has 0 aliphatic rings. The molecule has 0 heterocycles. The Morgan fingerprint density at radius 3 is 1.86 bits per heavy atom. The van der Waals surface area contributed by atoms with Crippen LogP contribution in [-0.2, 0) is 6.42 Å². The third-order valence-corrected chi connectivity index (χ3v) is 8.80. The minimum Gasteiger partial charge on any atom is -0.489 e. The van der Waals surface area contributed by atoms with E-state index < -0.39 is 5.97 Å². The van der Waals surface area contributed by atoms with Crippen LogP contribution in [0.1, 0.15) is 41.6 Å². The van der Waals surface area contributed by atoms with Crippen molar-refractivity contribution in [2.24, 2.45) is 0 Å². The molecule has 5 nitrogen and oxygen atoms in total. The summed E-state index contributed by atoms with van der Waals surface area (Å²) in [6.45, 7) is 0.324. The summed E-state index contributed by atoms with van der Waals surface area (Å²) in [6, 6.07) is 34.5. The van der Waals surface area contributed by atoms with Crippen molar-refractivity contribution in [2.75, 3.05) is 6.61 Å². The number of hydrogen-bond donors (Lipinski definition) is 0. The highest BCUT2D eigenvalue weighted by molar-refractivity contribution is 6.32. The van der Waals surface area contributed by atoms with Crippen LogP contribution in [0.3, 0.4) is 0 Å². The molecule has 0 unspecified atom stereocenters. The zero-order chi connectivity index (χ0) is 34.9. The second-order valence-electron chi connectivity index (χ2n) is 11.4. The smallest absolute Gasteiger partial charge is 0.343 e. The van der Waals surface area contributed by atoms with Crippen molar-refractivity contribution in [3.8, 4) is 34.5 Å². The standard InChI is InChI=1S/C41H32Cl3FO5/c42-29-23-24-30-31(26-29)38(50-41(46)28-16-5-3-6-17-28)40(49-36-22-12-9-19-33(36)44)39(48-35-21-11-8-18-32(35)43)37(30)47-25-13-2-1-4-14-27-15-7-10-20-34(27)45/h3,5-12,15-24,26H,1-2,4,13-14,25H2. The maximum absolute atomic E-state index is 14.1. The molecule has 9 heteroatoms. The largest absolute Gasteiger partial charge is 0.489 e. The van der Waals surface area contributed by atoms with Crippen molar-refractivity contribution >= 4 is 51.5 Å². The number of carbonyl (C=O) groups is 1. The van der Waals surface area contributed by atoms with Crippen LogP contribution in [0.4, 0.5) is 4.39 Å². The summed E-state index contributed by atoms with van der Waals surface area (Å²) in [7, 11) is 0. The summed E-state index contributed by atoms with van der Waals surface area (Å²) in [4.78, 5) is 13.6. The van der Waals surface area contributed by atoms with E-state index >= 15 is 0 Å². The highest BCUT2D eigenvalue weighted by Gasteiger charge is 2.29. The Hall–Kier alpha value is -4.75. The lowest BCUT2D eigenvalue weighted by atomic mass is 10.1. The number of halogens is 4. The van der Waals surface area contributed by atoms with E-state index in [9.17, 15) is 9.18 Å². The lowest BCUT2D eigenvalue weighted by molar-refractivity contribution is 0.0732. The maximum Gasteiger partial charge on any atom is 0.343 e. The molecule has 0 aliphatic heterocycles. The van der Waals surface area contributed by atoms with E-state index in [0.29, 0.717) is 67.9 Å². The zero-order valence-corrected chi connectivity index (χ0v) is 29.1. The van der Waals surface area contributed by atoms with E-state index in [1.54, 1.807) is 97.1 Å². The molecule has 0 aromatic heterocycles. The SMILES string of the molecule is O=C(Oc1c(Oc2ccccc2Cl)c(Oc2ccccc2Cl)c(OCCCCCCc2ccccc2F)c2ccc(Cl)cc12)c1ccccc1. The van der Waals surface area contributed by atoms with Gasteiger partial charge in [-0.2, -0.15) is 0 Å². The monoisotopic (exact) mass is 728 g/mol. The second-order valence-corrected chi connectivity index (χ2v) is 12.7. The van der Waals surface area contributed by atoms with Crippen LogP contribution in [0, 0.1) is 5.82 Å². The van der Waals surface area contributed by atoms with E-state index in [4.69, 9.17) is 53.8 Å². The molecule has 0 aliphatic carbocycles. The van der Waals surface area contributed by atoms with Gasteiger partial charge in [-0.05, 0) is 85.5 Å². The summed E-state index contributed by atoms with van der Waals surface area (Å²) in [5, 5.41) is 2.09. The van der Waals surface area contributed by atoms with Gasteiger partial charge in [0.15, 0.2) is 11.5 Å². The molecule has 0 saturated carbocycles. The van der Waals surface area contributed by atoms with Gasteiger partial charge < -0.3 is 18.9 Å². The van der Waals surface area contributed by atoms with Crippen molar-refractivity contribution < 1.29 is 28.1 Å². The fourth-order valence-corrected chi connectivity index (χ4v) is 5.95. The summed E-state index contributed by atoms with van der Waals surface area (Å²) < 4.78 is 39.7. The van der Waals surface area contributed by atoms with E-state index in [0.717, 1.165) is 19.3 Å². The normalized spacial score (nSPS) is 11.0. The van der Waals surface area contributed by atoms with Crippen LogP contribution in [0.2, 0.25) is 15.1 Å². The molecule has 50 heavy (non-hydrogen) atoms. The third-order valence-electron chi connectivity index (χ3n) is 7.94. The van der Waals surface area contributed by atoms with Crippen LogP contribution in [0.25, 0.3) is 10.8 Å². The number of carbonyl (C=O) groups excluding carboxylic acids is 1.